The lowest BCUT2D eigenvalue weighted by molar-refractivity contribution is -0.140. The van der Waals surface area contributed by atoms with Crippen molar-refractivity contribution in [3.05, 3.63) is 47.5 Å². The number of carbonyl (C=O) groups excluding carboxylic acids is 1. The van der Waals surface area contributed by atoms with Crippen molar-refractivity contribution >= 4 is 18.1 Å². The zero-order valence-corrected chi connectivity index (χ0v) is 16.6. The van der Waals surface area contributed by atoms with E-state index in [1.165, 1.54) is 32.8 Å². The third-order valence-electron chi connectivity index (χ3n) is 4.49. The van der Waals surface area contributed by atoms with Crippen molar-refractivity contribution in [1.29, 1.82) is 0 Å². The van der Waals surface area contributed by atoms with Crippen LogP contribution in [0.5, 0.6) is 0 Å². The highest BCUT2D eigenvalue weighted by Gasteiger charge is 2.14. The Balaban J connectivity index is 2.54. The number of aliphatic hydroxyl groups is 2. The van der Waals surface area contributed by atoms with Crippen LogP contribution in [0.15, 0.2) is 36.4 Å². The molecule has 4 nitrogen and oxygen atoms in total. The molecule has 0 heterocycles. The summed E-state index contributed by atoms with van der Waals surface area (Å²) < 4.78 is 4.57. The van der Waals surface area contributed by atoms with Gasteiger partial charge in [-0.2, -0.15) is 0 Å². The second-order valence-electron chi connectivity index (χ2n) is 6.77. The van der Waals surface area contributed by atoms with Gasteiger partial charge in [-0.1, -0.05) is 74.8 Å². The molecule has 2 N–H and O–H groups in total. The zero-order valence-electron chi connectivity index (χ0n) is 16.6. The highest BCUT2D eigenvalue weighted by molar-refractivity contribution is 5.69. The van der Waals surface area contributed by atoms with Crippen molar-refractivity contribution in [1.82, 2.24) is 0 Å². The highest BCUT2D eigenvalue weighted by Crippen LogP contribution is 2.15. The molecule has 4 heteroatoms. The molecule has 0 saturated heterocycles. The zero-order chi connectivity index (χ0) is 19.9. The minimum absolute atomic E-state index is 0.246. The third-order valence-corrected chi connectivity index (χ3v) is 4.49. The first-order chi connectivity index (χ1) is 13.1. The number of ether oxygens (including phenoxy) is 1. The molecule has 1 aromatic carbocycles. The number of unbranched alkanes of at least 4 members (excludes halogenated alkanes) is 4. The molecule has 0 fully saturated rings. The smallest absolute Gasteiger partial charge is 0.305 e. The lowest BCUT2D eigenvalue weighted by atomic mass is 10.0. The normalized spacial score (nSPS) is 13.9. The Kier molecular flexibility index (Phi) is 12.2. The molecular weight excluding hydrogens is 340 g/mol. The van der Waals surface area contributed by atoms with Crippen LogP contribution in [-0.4, -0.2) is 35.5 Å². The third kappa shape index (κ3) is 10.1. The number of allylic oxidation sites excluding steroid dienone is 1. The van der Waals surface area contributed by atoms with Crippen LogP contribution in [0.2, 0.25) is 0 Å². The number of carbonyl (C=O) groups is 1. The second-order valence-corrected chi connectivity index (χ2v) is 6.77. The molecule has 0 bridgehead atoms. The van der Waals surface area contributed by atoms with Crippen LogP contribution in [0.1, 0.15) is 69.4 Å². The molecule has 0 aromatic heterocycles. The molecule has 1 aromatic rings. The van der Waals surface area contributed by atoms with Crippen molar-refractivity contribution in [2.75, 3.05) is 7.11 Å². The van der Waals surface area contributed by atoms with E-state index < -0.39 is 12.2 Å². The lowest BCUT2D eigenvalue weighted by Crippen LogP contribution is -2.23. The molecule has 0 amide bonds. The summed E-state index contributed by atoms with van der Waals surface area (Å²) in [5.41, 5.74) is 2.10. The summed E-state index contributed by atoms with van der Waals surface area (Å²) in [6.45, 7) is 2.21. The Labute approximate surface area is 163 Å². The molecule has 0 radical (unpaired) electrons. The largest absolute Gasteiger partial charge is 0.469 e. The van der Waals surface area contributed by atoms with Gasteiger partial charge < -0.3 is 14.9 Å². The van der Waals surface area contributed by atoms with Crippen LogP contribution in [-0.2, 0) is 9.53 Å². The second kappa shape index (κ2) is 14.2. The van der Waals surface area contributed by atoms with Gasteiger partial charge in [0, 0.05) is 6.42 Å². The Morgan fingerprint density at radius 1 is 1.07 bits per heavy atom. The van der Waals surface area contributed by atoms with Crippen LogP contribution in [0.4, 0.5) is 0 Å². The van der Waals surface area contributed by atoms with Gasteiger partial charge >= 0.3 is 5.97 Å². The van der Waals surface area contributed by atoms with E-state index in [2.05, 4.69) is 23.8 Å². The first kappa shape index (κ1) is 23.1. The van der Waals surface area contributed by atoms with Gasteiger partial charge in [0.1, 0.15) is 0 Å². The SMILES string of the molecule is CCCCCC/C=C/c1ccccc1/C=C/[C@@H](O)[C@@H](O)CCCC(=O)OC. The van der Waals surface area contributed by atoms with Gasteiger partial charge in [0.05, 0.1) is 19.3 Å². The first-order valence-electron chi connectivity index (χ1n) is 9.95. The standard InChI is InChI=1S/C23H34O4/c1-3-4-5-6-7-8-12-19-13-9-10-14-20(19)17-18-22(25)21(24)15-11-16-23(26)27-2/h8-10,12-14,17-18,21-22,24-25H,3-7,11,15-16H2,1-2H3/b12-8+,18-17+/t21-,22+/m0/s1. The Morgan fingerprint density at radius 3 is 2.44 bits per heavy atom. The van der Waals surface area contributed by atoms with Gasteiger partial charge in [-0.15, -0.1) is 0 Å². The predicted molar refractivity (Wildman–Crippen MR) is 111 cm³/mol. The van der Waals surface area contributed by atoms with Gasteiger partial charge in [0.25, 0.3) is 0 Å². The number of rotatable bonds is 13. The summed E-state index contributed by atoms with van der Waals surface area (Å²) in [7, 11) is 1.34. The fourth-order valence-corrected chi connectivity index (χ4v) is 2.77. The van der Waals surface area contributed by atoms with Crippen molar-refractivity contribution in [3.63, 3.8) is 0 Å². The van der Waals surface area contributed by atoms with Gasteiger partial charge in [-0.25, -0.2) is 0 Å². The molecule has 150 valence electrons. The Bertz CT molecular complexity index is 592. The average molecular weight is 375 g/mol. The lowest BCUT2D eigenvalue weighted by Gasteiger charge is -2.14. The highest BCUT2D eigenvalue weighted by atomic mass is 16.5. The first-order valence-corrected chi connectivity index (χ1v) is 9.95. The summed E-state index contributed by atoms with van der Waals surface area (Å²) in [6, 6.07) is 7.98. The summed E-state index contributed by atoms with van der Waals surface area (Å²) in [5.74, 6) is -0.303. The number of aliphatic hydroxyl groups excluding tert-OH is 2. The molecule has 0 aliphatic rings. The van der Waals surface area contributed by atoms with Crippen molar-refractivity contribution in [2.45, 2.75) is 70.5 Å². The van der Waals surface area contributed by atoms with Crippen LogP contribution in [0.3, 0.4) is 0 Å². The fraction of sp³-hybridized carbons (Fsp3) is 0.522. The van der Waals surface area contributed by atoms with Crippen molar-refractivity contribution in [2.24, 2.45) is 0 Å². The maximum atomic E-state index is 11.1. The summed E-state index contributed by atoms with van der Waals surface area (Å²) in [6.07, 6.45) is 13.0. The Morgan fingerprint density at radius 2 is 1.78 bits per heavy atom. The van der Waals surface area contributed by atoms with Crippen molar-refractivity contribution < 1.29 is 19.7 Å². The molecule has 27 heavy (non-hydrogen) atoms. The van der Waals surface area contributed by atoms with Crippen molar-refractivity contribution in [3.8, 4) is 0 Å². The summed E-state index contributed by atoms with van der Waals surface area (Å²) in [4.78, 5) is 11.1. The topological polar surface area (TPSA) is 66.8 Å². The summed E-state index contributed by atoms with van der Waals surface area (Å²) in [5, 5.41) is 20.1. The number of hydrogen-bond acceptors (Lipinski definition) is 4. The van der Waals surface area contributed by atoms with E-state index in [-0.39, 0.29) is 12.4 Å². The maximum Gasteiger partial charge on any atom is 0.305 e. The van der Waals surface area contributed by atoms with E-state index in [0.29, 0.717) is 12.8 Å². The molecule has 0 spiro atoms. The number of benzene rings is 1. The van der Waals surface area contributed by atoms with E-state index in [1.54, 1.807) is 6.08 Å². The molecule has 1 rings (SSSR count). The molecule has 0 saturated carbocycles. The van der Waals surface area contributed by atoms with Crippen LogP contribution < -0.4 is 0 Å². The maximum absolute atomic E-state index is 11.1. The average Bonchev–Trinajstić information content (AvgIpc) is 2.69. The molecule has 2 atom stereocenters. The number of methoxy groups -OCH3 is 1. The van der Waals surface area contributed by atoms with Gasteiger partial charge in [0.15, 0.2) is 0 Å². The predicted octanol–water partition coefficient (Wildman–Crippen LogP) is 4.75. The fourth-order valence-electron chi connectivity index (χ4n) is 2.77. The quantitative estimate of drug-likeness (QED) is 0.386. The van der Waals surface area contributed by atoms with E-state index in [9.17, 15) is 15.0 Å². The molecular formula is C23H34O4. The van der Waals surface area contributed by atoms with E-state index in [0.717, 1.165) is 17.5 Å². The van der Waals surface area contributed by atoms with E-state index in [1.807, 2.05) is 30.3 Å². The van der Waals surface area contributed by atoms with Gasteiger partial charge in [-0.3, -0.25) is 4.79 Å². The van der Waals surface area contributed by atoms with Gasteiger partial charge in [-0.05, 0) is 36.8 Å². The van der Waals surface area contributed by atoms with Gasteiger partial charge in [0.2, 0.25) is 0 Å². The minimum atomic E-state index is -0.964. The number of hydrogen-bond donors (Lipinski definition) is 2. The van der Waals surface area contributed by atoms with E-state index in [4.69, 9.17) is 0 Å². The minimum Gasteiger partial charge on any atom is -0.469 e. The number of esters is 1. The van der Waals surface area contributed by atoms with Crippen LogP contribution in [0, 0.1) is 0 Å². The monoisotopic (exact) mass is 374 g/mol. The van der Waals surface area contributed by atoms with Crippen LogP contribution in [0.25, 0.3) is 12.2 Å². The summed E-state index contributed by atoms with van der Waals surface area (Å²) >= 11 is 0. The van der Waals surface area contributed by atoms with E-state index >= 15 is 0 Å². The molecule has 0 unspecified atom stereocenters. The van der Waals surface area contributed by atoms with Crippen LogP contribution >= 0.6 is 0 Å². The molecule has 0 aliphatic heterocycles. The molecule has 0 aliphatic carbocycles. The Hall–Kier alpha value is -1.91.